The van der Waals surface area contributed by atoms with Crippen molar-refractivity contribution in [1.29, 1.82) is 0 Å². The maximum atomic E-state index is 12.4. The van der Waals surface area contributed by atoms with Gasteiger partial charge in [-0.3, -0.25) is 9.59 Å². The zero-order valence-electron chi connectivity index (χ0n) is 11.5. The van der Waals surface area contributed by atoms with E-state index in [2.05, 4.69) is 10.3 Å². The molecule has 1 aliphatic heterocycles. The van der Waals surface area contributed by atoms with Crippen LogP contribution in [0, 0.1) is 12.8 Å². The lowest BCUT2D eigenvalue weighted by molar-refractivity contribution is -0.146. The van der Waals surface area contributed by atoms with Crippen molar-refractivity contribution in [2.75, 3.05) is 6.54 Å². The van der Waals surface area contributed by atoms with Crippen LogP contribution in [0.4, 0.5) is 0 Å². The molecule has 0 radical (unpaired) electrons. The Morgan fingerprint density at radius 1 is 1.58 bits per heavy atom. The number of aromatic nitrogens is 1. The van der Waals surface area contributed by atoms with Crippen LogP contribution in [0.1, 0.15) is 30.2 Å². The van der Waals surface area contributed by atoms with E-state index in [4.69, 9.17) is 0 Å². The maximum Gasteiger partial charge on any atom is 0.246 e. The number of carbonyl (C=O) groups excluding carboxylic acids is 2. The smallest absolute Gasteiger partial charge is 0.246 e. The van der Waals surface area contributed by atoms with E-state index in [0.29, 0.717) is 6.54 Å². The van der Waals surface area contributed by atoms with Crippen molar-refractivity contribution < 1.29 is 9.59 Å². The molecule has 0 saturated carbocycles. The molecule has 2 amide bonds. The first-order chi connectivity index (χ1) is 9.01. The van der Waals surface area contributed by atoms with Gasteiger partial charge in [0.25, 0.3) is 0 Å². The molecule has 0 spiro atoms. The van der Waals surface area contributed by atoms with Crippen LogP contribution in [-0.2, 0) is 16.1 Å². The van der Waals surface area contributed by atoms with Crippen molar-refractivity contribution in [3.8, 4) is 0 Å². The van der Waals surface area contributed by atoms with Gasteiger partial charge in [0.2, 0.25) is 11.8 Å². The first kappa shape index (κ1) is 14.0. The first-order valence-corrected chi connectivity index (χ1v) is 7.32. The van der Waals surface area contributed by atoms with Crippen LogP contribution in [0.3, 0.4) is 0 Å². The minimum atomic E-state index is -0.389. The van der Waals surface area contributed by atoms with E-state index in [1.54, 1.807) is 22.4 Å². The summed E-state index contributed by atoms with van der Waals surface area (Å²) < 4.78 is 0. The molecule has 1 N–H and O–H groups in total. The zero-order chi connectivity index (χ0) is 14.0. The summed E-state index contributed by atoms with van der Waals surface area (Å²) in [6.45, 7) is 6.56. The molecule has 1 aliphatic rings. The molecule has 19 heavy (non-hydrogen) atoms. The van der Waals surface area contributed by atoms with Gasteiger partial charge in [-0.05, 0) is 12.8 Å². The zero-order valence-corrected chi connectivity index (χ0v) is 12.3. The summed E-state index contributed by atoms with van der Waals surface area (Å²) in [7, 11) is 0. The standard InChI is InChI=1S/C13H19N3O2S/c1-4-8(2)12-13(18)16(7-11(17)15-12)6-10-5-14-9(3)19-10/h5,8,12H,4,6-7H2,1-3H3,(H,15,17). The summed E-state index contributed by atoms with van der Waals surface area (Å²) in [6.07, 6.45) is 2.64. The molecule has 0 aliphatic carbocycles. The van der Waals surface area contributed by atoms with E-state index >= 15 is 0 Å². The fraction of sp³-hybridized carbons (Fsp3) is 0.615. The van der Waals surface area contributed by atoms with Crippen molar-refractivity contribution in [2.45, 2.75) is 39.8 Å². The molecule has 2 unspecified atom stereocenters. The van der Waals surface area contributed by atoms with E-state index in [1.807, 2.05) is 20.8 Å². The molecule has 1 saturated heterocycles. The fourth-order valence-electron chi connectivity index (χ4n) is 2.15. The third-order valence-corrected chi connectivity index (χ3v) is 4.36. The second-order valence-electron chi connectivity index (χ2n) is 4.97. The molecule has 1 aromatic rings. The lowest BCUT2D eigenvalue weighted by Crippen LogP contribution is -2.59. The molecule has 1 aromatic heterocycles. The van der Waals surface area contributed by atoms with Crippen molar-refractivity contribution >= 4 is 23.2 Å². The lowest BCUT2D eigenvalue weighted by Gasteiger charge is -2.34. The van der Waals surface area contributed by atoms with Gasteiger partial charge < -0.3 is 10.2 Å². The van der Waals surface area contributed by atoms with Crippen LogP contribution in [0.2, 0.25) is 0 Å². The van der Waals surface area contributed by atoms with Gasteiger partial charge in [-0.25, -0.2) is 4.98 Å². The minimum absolute atomic E-state index is 0.0139. The summed E-state index contributed by atoms with van der Waals surface area (Å²) in [5, 5.41) is 3.77. The number of nitrogens with zero attached hydrogens (tertiary/aromatic N) is 2. The molecule has 2 heterocycles. The van der Waals surface area contributed by atoms with E-state index < -0.39 is 0 Å². The Labute approximate surface area is 117 Å². The molecule has 5 nitrogen and oxygen atoms in total. The molecule has 6 heteroatoms. The van der Waals surface area contributed by atoms with E-state index in [-0.39, 0.29) is 30.3 Å². The first-order valence-electron chi connectivity index (χ1n) is 6.50. The number of thiazole rings is 1. The average Bonchev–Trinajstić information content (AvgIpc) is 2.78. The third-order valence-electron chi connectivity index (χ3n) is 3.46. The highest BCUT2D eigenvalue weighted by Crippen LogP contribution is 2.19. The van der Waals surface area contributed by atoms with Gasteiger partial charge in [-0.1, -0.05) is 20.3 Å². The van der Waals surface area contributed by atoms with Crippen LogP contribution in [0.15, 0.2) is 6.20 Å². The monoisotopic (exact) mass is 281 g/mol. The number of piperazine rings is 1. The van der Waals surface area contributed by atoms with E-state index in [0.717, 1.165) is 16.3 Å². The summed E-state index contributed by atoms with van der Waals surface area (Å²) in [6, 6.07) is -0.389. The predicted octanol–water partition coefficient (Wildman–Crippen LogP) is 1.32. The summed E-state index contributed by atoms with van der Waals surface area (Å²) in [5.41, 5.74) is 0. The van der Waals surface area contributed by atoms with Gasteiger partial charge in [0, 0.05) is 11.1 Å². The van der Waals surface area contributed by atoms with Gasteiger partial charge in [0.05, 0.1) is 18.1 Å². The highest BCUT2D eigenvalue weighted by Gasteiger charge is 2.35. The Morgan fingerprint density at radius 2 is 2.32 bits per heavy atom. The molecule has 2 atom stereocenters. The Morgan fingerprint density at radius 3 is 2.89 bits per heavy atom. The second-order valence-corrected chi connectivity index (χ2v) is 6.29. The molecule has 1 fully saturated rings. The van der Waals surface area contributed by atoms with E-state index in [1.165, 1.54) is 0 Å². The largest absolute Gasteiger partial charge is 0.342 e. The Bertz CT molecular complexity index is 486. The number of rotatable bonds is 4. The van der Waals surface area contributed by atoms with Gasteiger partial charge in [0.1, 0.15) is 6.04 Å². The summed E-state index contributed by atoms with van der Waals surface area (Å²) in [4.78, 5) is 30.9. The van der Waals surface area contributed by atoms with Gasteiger partial charge in [-0.15, -0.1) is 11.3 Å². The third kappa shape index (κ3) is 3.12. The van der Waals surface area contributed by atoms with E-state index in [9.17, 15) is 9.59 Å². The second kappa shape index (κ2) is 5.69. The number of nitrogens with one attached hydrogen (secondary N) is 1. The number of amides is 2. The van der Waals surface area contributed by atoms with Crippen LogP contribution >= 0.6 is 11.3 Å². The number of carbonyl (C=O) groups is 2. The van der Waals surface area contributed by atoms with Gasteiger partial charge in [-0.2, -0.15) is 0 Å². The quantitative estimate of drug-likeness (QED) is 0.905. The highest BCUT2D eigenvalue weighted by molar-refractivity contribution is 7.11. The van der Waals surface area contributed by atoms with Crippen LogP contribution < -0.4 is 5.32 Å². The molecular formula is C13H19N3O2S. The number of hydrogen-bond acceptors (Lipinski definition) is 4. The summed E-state index contributed by atoms with van der Waals surface area (Å²) >= 11 is 1.56. The van der Waals surface area contributed by atoms with Crippen molar-refractivity contribution in [2.24, 2.45) is 5.92 Å². The minimum Gasteiger partial charge on any atom is -0.342 e. The Kier molecular flexibility index (Phi) is 4.19. The SMILES string of the molecule is CCC(C)C1NC(=O)CN(Cc2cnc(C)s2)C1=O. The van der Waals surface area contributed by atoms with Crippen LogP contribution in [0.25, 0.3) is 0 Å². The number of aryl methyl sites for hydroxylation is 1. The van der Waals surface area contributed by atoms with Crippen molar-refractivity contribution in [3.05, 3.63) is 16.1 Å². The maximum absolute atomic E-state index is 12.4. The van der Waals surface area contributed by atoms with Crippen LogP contribution in [-0.4, -0.2) is 34.3 Å². The topological polar surface area (TPSA) is 62.3 Å². The fourth-order valence-corrected chi connectivity index (χ4v) is 2.96. The normalized spacial score (nSPS) is 21.4. The Balaban J connectivity index is 2.11. The molecule has 0 aromatic carbocycles. The lowest BCUT2D eigenvalue weighted by atomic mass is 9.96. The molecule has 0 bridgehead atoms. The predicted molar refractivity (Wildman–Crippen MR) is 73.7 cm³/mol. The van der Waals surface area contributed by atoms with Gasteiger partial charge in [0.15, 0.2) is 0 Å². The molecule has 2 rings (SSSR count). The number of hydrogen-bond donors (Lipinski definition) is 1. The Hall–Kier alpha value is -1.43. The van der Waals surface area contributed by atoms with Crippen LogP contribution in [0.5, 0.6) is 0 Å². The highest BCUT2D eigenvalue weighted by atomic mass is 32.1. The average molecular weight is 281 g/mol. The molecule has 104 valence electrons. The summed E-state index contributed by atoms with van der Waals surface area (Å²) in [5.74, 6) is 0.0913. The van der Waals surface area contributed by atoms with Crippen molar-refractivity contribution in [1.82, 2.24) is 15.2 Å². The van der Waals surface area contributed by atoms with Crippen molar-refractivity contribution in [3.63, 3.8) is 0 Å². The van der Waals surface area contributed by atoms with Gasteiger partial charge >= 0.3 is 0 Å². The molecular weight excluding hydrogens is 262 g/mol.